The number of carbonyl (C=O) groups is 1. The fourth-order valence-electron chi connectivity index (χ4n) is 3.47. The number of benzene rings is 2. The van der Waals surface area contributed by atoms with Crippen molar-refractivity contribution in [2.24, 2.45) is 0 Å². The molecule has 11 nitrogen and oxygen atoms in total. The highest BCUT2D eigenvalue weighted by molar-refractivity contribution is 7.92. The number of hydrogen-bond donors (Lipinski definition) is 2. The number of amides is 1. The third-order valence-electron chi connectivity index (χ3n) is 4.78. The van der Waals surface area contributed by atoms with Crippen LogP contribution in [0.4, 0.5) is 11.4 Å². The zero-order chi connectivity index (χ0) is 27.7. The van der Waals surface area contributed by atoms with Crippen LogP contribution < -0.4 is 10.0 Å². The second kappa shape index (κ2) is 13.7. The normalized spacial score (nSPS) is 12.5. The van der Waals surface area contributed by atoms with Gasteiger partial charge in [0.15, 0.2) is 5.40 Å². The summed E-state index contributed by atoms with van der Waals surface area (Å²) in [5, 5.41) is 1.19. The van der Waals surface area contributed by atoms with Gasteiger partial charge in [-0.1, -0.05) is 12.1 Å². The lowest BCUT2D eigenvalue weighted by Gasteiger charge is -2.31. The standard InChI is InChI=1S/C23H34N2O9P2S/c1-6-31-35(27,32-7-2)23(36(28,33-8-3)34-9-4)19-10-12-21(13-11-19)25-37(29,30)22-16-14-20(15-17-22)24-18(5)26/h10-17,23,25H,6-9H2,1-5H3,(H,24,26). The Kier molecular flexibility index (Phi) is 11.5. The molecule has 0 unspecified atom stereocenters. The Morgan fingerprint density at radius 3 is 1.54 bits per heavy atom. The SMILES string of the molecule is CCOP(=O)(OCC)C(c1ccc(NS(=O)(=O)c2ccc(NC(C)=O)cc2)cc1)P(=O)(OCC)OCC. The molecular weight excluding hydrogens is 542 g/mol. The molecule has 206 valence electrons. The summed E-state index contributed by atoms with van der Waals surface area (Å²) in [7, 11) is -12.0. The molecule has 0 fully saturated rings. The Labute approximate surface area is 218 Å². The number of anilines is 2. The van der Waals surface area contributed by atoms with Gasteiger partial charge in [-0.05, 0) is 69.7 Å². The Morgan fingerprint density at radius 2 is 1.16 bits per heavy atom. The lowest BCUT2D eigenvalue weighted by Crippen LogP contribution is -2.14. The largest absolute Gasteiger partial charge is 0.350 e. The van der Waals surface area contributed by atoms with Crippen molar-refractivity contribution in [3.05, 3.63) is 54.1 Å². The summed E-state index contributed by atoms with van der Waals surface area (Å²) in [6.07, 6.45) is 0. The van der Waals surface area contributed by atoms with Gasteiger partial charge in [0.2, 0.25) is 5.91 Å². The molecule has 0 aliphatic carbocycles. The van der Waals surface area contributed by atoms with Gasteiger partial charge in [0.05, 0.1) is 31.3 Å². The monoisotopic (exact) mass is 576 g/mol. The predicted molar refractivity (Wildman–Crippen MR) is 142 cm³/mol. The molecule has 2 aromatic carbocycles. The second-order valence-corrected chi connectivity index (χ2v) is 13.9. The molecule has 2 N–H and O–H groups in total. The zero-order valence-electron chi connectivity index (χ0n) is 21.5. The van der Waals surface area contributed by atoms with Crippen LogP contribution >= 0.6 is 15.2 Å². The number of rotatable bonds is 15. The van der Waals surface area contributed by atoms with Crippen LogP contribution in [0.15, 0.2) is 53.4 Å². The lowest BCUT2D eigenvalue weighted by atomic mass is 10.2. The van der Waals surface area contributed by atoms with Crippen molar-refractivity contribution in [2.45, 2.75) is 44.9 Å². The van der Waals surface area contributed by atoms with Crippen LogP contribution in [-0.2, 0) is 42.0 Å². The second-order valence-electron chi connectivity index (χ2n) is 7.56. The van der Waals surface area contributed by atoms with E-state index in [2.05, 4.69) is 10.0 Å². The molecule has 14 heteroatoms. The fourth-order valence-corrected chi connectivity index (χ4v) is 9.95. The van der Waals surface area contributed by atoms with Crippen LogP contribution in [0.2, 0.25) is 0 Å². The highest BCUT2D eigenvalue weighted by Crippen LogP contribution is 2.78. The first kappa shape index (κ1) is 31.2. The summed E-state index contributed by atoms with van der Waals surface area (Å²) in [5.74, 6) is -0.274. The minimum Gasteiger partial charge on any atom is -0.326 e. The highest BCUT2D eigenvalue weighted by atomic mass is 32.2. The van der Waals surface area contributed by atoms with E-state index in [1.165, 1.54) is 55.5 Å². The maximum Gasteiger partial charge on any atom is 0.350 e. The van der Waals surface area contributed by atoms with Crippen molar-refractivity contribution < 1.29 is 40.4 Å². The average Bonchev–Trinajstić information content (AvgIpc) is 2.80. The van der Waals surface area contributed by atoms with Crippen molar-refractivity contribution in [1.82, 2.24) is 0 Å². The lowest BCUT2D eigenvalue weighted by molar-refractivity contribution is -0.114. The topological polar surface area (TPSA) is 146 Å². The van der Waals surface area contributed by atoms with E-state index >= 15 is 0 Å². The number of nitrogens with one attached hydrogen (secondary N) is 2. The molecule has 0 radical (unpaired) electrons. The molecule has 0 bridgehead atoms. The Bertz CT molecular complexity index is 1190. The van der Waals surface area contributed by atoms with Crippen molar-refractivity contribution in [3.8, 4) is 0 Å². The molecule has 0 saturated carbocycles. The summed E-state index contributed by atoms with van der Waals surface area (Å²) in [6, 6.07) is 11.5. The van der Waals surface area contributed by atoms with Gasteiger partial charge < -0.3 is 23.4 Å². The third kappa shape index (κ3) is 8.22. The number of hydrogen-bond acceptors (Lipinski definition) is 9. The smallest absolute Gasteiger partial charge is 0.326 e. The number of sulfonamides is 1. The molecule has 0 atom stereocenters. The van der Waals surface area contributed by atoms with Crippen LogP contribution in [0.25, 0.3) is 0 Å². The van der Waals surface area contributed by atoms with Gasteiger partial charge in [0.25, 0.3) is 10.0 Å². The maximum atomic E-state index is 13.8. The number of carbonyl (C=O) groups excluding carboxylic acids is 1. The molecule has 0 heterocycles. The first-order chi connectivity index (χ1) is 17.4. The summed E-state index contributed by atoms with van der Waals surface area (Å²) in [6.45, 7) is 8.02. The van der Waals surface area contributed by atoms with E-state index in [4.69, 9.17) is 18.1 Å². The van der Waals surface area contributed by atoms with Gasteiger partial charge in [0.1, 0.15) is 0 Å². The van der Waals surface area contributed by atoms with E-state index < -0.39 is 30.6 Å². The first-order valence-corrected chi connectivity index (χ1v) is 16.4. The molecule has 0 saturated heterocycles. The predicted octanol–water partition coefficient (Wildman–Crippen LogP) is 5.98. The van der Waals surface area contributed by atoms with Crippen molar-refractivity contribution in [1.29, 1.82) is 0 Å². The van der Waals surface area contributed by atoms with Crippen LogP contribution in [-0.4, -0.2) is 40.8 Å². The molecular formula is C23H34N2O9P2S. The molecule has 2 aromatic rings. The van der Waals surface area contributed by atoms with E-state index in [0.29, 0.717) is 5.69 Å². The molecule has 0 spiro atoms. The van der Waals surface area contributed by atoms with Crippen molar-refractivity contribution in [2.75, 3.05) is 36.5 Å². The molecule has 0 aliphatic heterocycles. The minimum atomic E-state index is -4.03. The van der Waals surface area contributed by atoms with Gasteiger partial charge in [-0.15, -0.1) is 0 Å². The minimum absolute atomic E-state index is 0.0158. The van der Waals surface area contributed by atoms with Crippen LogP contribution in [0.3, 0.4) is 0 Å². The van der Waals surface area contributed by atoms with E-state index in [1.54, 1.807) is 27.7 Å². The first-order valence-electron chi connectivity index (χ1n) is 11.7. The summed E-state index contributed by atoms with van der Waals surface area (Å²) >= 11 is 0. The quantitative estimate of drug-likeness (QED) is 0.245. The van der Waals surface area contributed by atoms with Gasteiger partial charge in [-0.2, -0.15) is 0 Å². The fraction of sp³-hybridized carbons (Fsp3) is 0.435. The van der Waals surface area contributed by atoms with E-state index in [-0.39, 0.29) is 48.5 Å². The van der Waals surface area contributed by atoms with Gasteiger partial charge in [-0.3, -0.25) is 18.6 Å². The third-order valence-corrected chi connectivity index (χ3v) is 12.1. The summed E-state index contributed by atoms with van der Waals surface area (Å²) in [5.41, 5.74) is 0.944. The molecule has 0 aliphatic rings. The van der Waals surface area contributed by atoms with E-state index in [9.17, 15) is 22.3 Å². The summed E-state index contributed by atoms with van der Waals surface area (Å²) in [4.78, 5) is 11.2. The van der Waals surface area contributed by atoms with E-state index in [1.807, 2.05) is 0 Å². The molecule has 0 aromatic heterocycles. The van der Waals surface area contributed by atoms with Crippen molar-refractivity contribution >= 4 is 42.5 Å². The Balaban J connectivity index is 2.43. The van der Waals surface area contributed by atoms with Gasteiger partial charge in [-0.25, -0.2) is 8.42 Å². The van der Waals surface area contributed by atoms with Crippen LogP contribution in [0.1, 0.15) is 45.6 Å². The highest BCUT2D eigenvalue weighted by Gasteiger charge is 2.51. The molecule has 1 amide bonds. The van der Waals surface area contributed by atoms with Crippen LogP contribution in [0.5, 0.6) is 0 Å². The average molecular weight is 577 g/mol. The maximum absolute atomic E-state index is 13.8. The Hall–Kier alpha value is -2.04. The van der Waals surface area contributed by atoms with Gasteiger partial charge >= 0.3 is 15.2 Å². The summed E-state index contributed by atoms with van der Waals surface area (Å²) < 4.78 is 77.7. The van der Waals surface area contributed by atoms with Crippen LogP contribution in [0, 0.1) is 0 Å². The molecule has 2 rings (SSSR count). The van der Waals surface area contributed by atoms with Crippen molar-refractivity contribution in [3.63, 3.8) is 0 Å². The molecule has 37 heavy (non-hydrogen) atoms. The van der Waals surface area contributed by atoms with Gasteiger partial charge in [0, 0.05) is 18.3 Å². The van der Waals surface area contributed by atoms with E-state index in [0.717, 1.165) is 0 Å². The zero-order valence-corrected chi connectivity index (χ0v) is 24.1. The Morgan fingerprint density at radius 1 is 0.757 bits per heavy atom.